The second-order valence-corrected chi connectivity index (χ2v) is 10.3. The Bertz CT molecular complexity index is 1240. The Hall–Kier alpha value is -2.40. The number of benzene rings is 1. The van der Waals surface area contributed by atoms with Crippen molar-refractivity contribution >= 4 is 38.6 Å². The average Bonchev–Trinajstić information content (AvgIpc) is 3.23. The summed E-state index contributed by atoms with van der Waals surface area (Å²) in [4.78, 5) is 10.1. The van der Waals surface area contributed by atoms with Gasteiger partial charge in [-0.25, -0.2) is 18.7 Å². The van der Waals surface area contributed by atoms with Crippen molar-refractivity contribution in [2.24, 2.45) is 0 Å². The van der Waals surface area contributed by atoms with Crippen LogP contribution >= 0.6 is 11.6 Å². The van der Waals surface area contributed by atoms with E-state index in [-0.39, 0.29) is 45.7 Å². The second-order valence-electron chi connectivity index (χ2n) is 8.19. The molecule has 4 rings (SSSR count). The van der Waals surface area contributed by atoms with Gasteiger partial charge >= 0.3 is 0 Å². The van der Waals surface area contributed by atoms with Gasteiger partial charge in [0.25, 0.3) is 15.9 Å². The molecule has 0 N–H and O–H groups in total. The van der Waals surface area contributed by atoms with Crippen LogP contribution < -0.4 is 4.90 Å². The van der Waals surface area contributed by atoms with Crippen molar-refractivity contribution in [2.75, 3.05) is 18.0 Å². The van der Waals surface area contributed by atoms with Gasteiger partial charge in [0.15, 0.2) is 11.3 Å². The zero-order valence-corrected chi connectivity index (χ0v) is 18.0. The Kier molecular flexibility index (Phi) is 4.73. The summed E-state index contributed by atoms with van der Waals surface area (Å²) in [6, 6.07) is 5.93. The van der Waals surface area contributed by atoms with Crippen molar-refractivity contribution in [1.82, 2.24) is 24.4 Å². The largest absolute Gasteiger partial charge is 0.348 e. The quantitative estimate of drug-likeness (QED) is 0.597. The Morgan fingerprint density at radius 3 is 2.47 bits per heavy atom. The van der Waals surface area contributed by atoms with E-state index in [1.54, 1.807) is 6.07 Å². The smallest absolute Gasteiger partial charge is 0.287 e. The molecule has 1 aliphatic heterocycles. The molecule has 8 nitrogen and oxygen atoms in total. The van der Waals surface area contributed by atoms with Crippen LogP contribution in [0.25, 0.3) is 11.2 Å². The van der Waals surface area contributed by atoms with Crippen LogP contribution in [-0.4, -0.2) is 51.8 Å². The maximum absolute atomic E-state index is 13.8. The molecule has 3 heterocycles. The van der Waals surface area contributed by atoms with E-state index in [4.69, 9.17) is 11.6 Å². The first kappa shape index (κ1) is 20.9. The Morgan fingerprint density at radius 1 is 1.17 bits per heavy atom. The first-order valence-corrected chi connectivity index (χ1v) is 11.0. The van der Waals surface area contributed by atoms with E-state index in [0.29, 0.717) is 4.09 Å². The van der Waals surface area contributed by atoms with Gasteiger partial charge in [-0.1, -0.05) is 44.5 Å². The van der Waals surface area contributed by atoms with Crippen molar-refractivity contribution in [3.63, 3.8) is 0 Å². The van der Waals surface area contributed by atoms with Crippen molar-refractivity contribution in [1.29, 1.82) is 0 Å². The molecule has 30 heavy (non-hydrogen) atoms. The molecular weight excluding hydrogens is 438 g/mol. The Balaban J connectivity index is 1.96. The summed E-state index contributed by atoms with van der Waals surface area (Å²) in [7, 11) is -4.22. The summed E-state index contributed by atoms with van der Waals surface area (Å²) in [5.74, 6) is -2.43. The molecule has 12 heteroatoms. The van der Waals surface area contributed by atoms with Crippen molar-refractivity contribution in [3.8, 4) is 0 Å². The molecule has 3 aromatic rings. The lowest BCUT2D eigenvalue weighted by atomic mass is 9.96. The van der Waals surface area contributed by atoms with E-state index in [1.165, 1.54) is 23.1 Å². The fourth-order valence-corrected chi connectivity index (χ4v) is 4.83. The maximum atomic E-state index is 13.8. The van der Waals surface area contributed by atoms with Crippen LogP contribution in [0.2, 0.25) is 5.02 Å². The topological polar surface area (TPSA) is 93.9 Å². The number of halogens is 3. The standard InChI is InChI=1S/C18H19ClF2N6O2S/c1-17(2,3)16-22-14(26-9-8-18(20,21)10-26)13-15(23-16)27(25-24-13)30(28,29)12-7-5-4-6-11(12)19/h4-7H,8-10H2,1-3H3. The van der Waals surface area contributed by atoms with E-state index in [2.05, 4.69) is 20.3 Å². The fraction of sp³-hybridized carbons (Fsp3) is 0.444. The van der Waals surface area contributed by atoms with Gasteiger partial charge in [-0.2, -0.15) is 8.42 Å². The number of nitrogens with zero attached hydrogens (tertiary/aromatic N) is 6. The number of alkyl halides is 2. The van der Waals surface area contributed by atoms with Crippen LogP contribution in [0.3, 0.4) is 0 Å². The predicted molar refractivity (Wildman–Crippen MR) is 108 cm³/mol. The molecule has 0 amide bonds. The lowest BCUT2D eigenvalue weighted by Crippen LogP contribution is -2.27. The summed E-state index contributed by atoms with van der Waals surface area (Å²) in [6.45, 7) is 5.05. The maximum Gasteiger partial charge on any atom is 0.287 e. The molecular formula is C18H19ClF2N6O2S. The first-order valence-electron chi connectivity index (χ1n) is 9.17. The number of anilines is 1. The summed E-state index contributed by atoms with van der Waals surface area (Å²) in [5.41, 5.74) is -0.620. The summed E-state index contributed by atoms with van der Waals surface area (Å²) in [5, 5.41) is 7.73. The minimum absolute atomic E-state index is 0.0191. The van der Waals surface area contributed by atoms with Gasteiger partial charge in [-0.3, -0.25) is 0 Å². The van der Waals surface area contributed by atoms with Crippen LogP contribution in [0.15, 0.2) is 29.2 Å². The van der Waals surface area contributed by atoms with Crippen molar-refractivity contribution in [3.05, 3.63) is 35.1 Å². The lowest BCUT2D eigenvalue weighted by Gasteiger charge is -2.22. The van der Waals surface area contributed by atoms with E-state index < -0.39 is 27.9 Å². The third kappa shape index (κ3) is 3.49. The summed E-state index contributed by atoms with van der Waals surface area (Å²) >= 11 is 6.08. The third-order valence-corrected chi connectivity index (χ3v) is 6.79. The molecule has 0 spiro atoms. The monoisotopic (exact) mass is 456 g/mol. The summed E-state index contributed by atoms with van der Waals surface area (Å²) < 4.78 is 54.8. The minimum Gasteiger partial charge on any atom is -0.348 e. The van der Waals surface area contributed by atoms with Gasteiger partial charge in [-0.05, 0) is 17.3 Å². The predicted octanol–water partition coefficient (Wildman–Crippen LogP) is 3.25. The van der Waals surface area contributed by atoms with E-state index in [9.17, 15) is 17.2 Å². The van der Waals surface area contributed by atoms with E-state index in [1.807, 2.05) is 20.8 Å². The van der Waals surface area contributed by atoms with Crippen LogP contribution in [-0.2, 0) is 15.4 Å². The first-order chi connectivity index (χ1) is 13.9. The number of aromatic nitrogens is 5. The van der Waals surface area contributed by atoms with Crippen LogP contribution in [0.5, 0.6) is 0 Å². The Labute approximate surface area is 176 Å². The van der Waals surface area contributed by atoms with E-state index >= 15 is 0 Å². The molecule has 1 saturated heterocycles. The molecule has 0 unspecified atom stereocenters. The minimum atomic E-state index is -4.22. The lowest BCUT2D eigenvalue weighted by molar-refractivity contribution is 0.0257. The van der Waals surface area contributed by atoms with Crippen molar-refractivity contribution in [2.45, 2.75) is 43.4 Å². The SMILES string of the molecule is CC(C)(C)c1nc(N2CCC(F)(F)C2)c2nnn(S(=O)(=O)c3ccccc3Cl)c2n1. The number of fused-ring (bicyclic) bond motifs is 1. The van der Waals surface area contributed by atoms with Crippen LogP contribution in [0.4, 0.5) is 14.6 Å². The van der Waals surface area contributed by atoms with E-state index in [0.717, 1.165) is 0 Å². The van der Waals surface area contributed by atoms with Gasteiger partial charge in [0.05, 0.1) is 11.6 Å². The highest BCUT2D eigenvalue weighted by Crippen LogP contribution is 2.35. The molecule has 0 saturated carbocycles. The number of rotatable bonds is 3. The highest BCUT2D eigenvalue weighted by Gasteiger charge is 2.40. The van der Waals surface area contributed by atoms with Gasteiger partial charge in [-0.15, -0.1) is 9.19 Å². The Morgan fingerprint density at radius 2 is 1.87 bits per heavy atom. The molecule has 0 aliphatic carbocycles. The molecule has 0 atom stereocenters. The highest BCUT2D eigenvalue weighted by molar-refractivity contribution is 7.90. The van der Waals surface area contributed by atoms with Gasteiger partial charge in [0.2, 0.25) is 5.65 Å². The molecule has 1 aliphatic rings. The molecule has 0 radical (unpaired) electrons. The zero-order chi connectivity index (χ0) is 21.9. The van der Waals surface area contributed by atoms with Crippen molar-refractivity contribution < 1.29 is 17.2 Å². The van der Waals surface area contributed by atoms with Gasteiger partial charge in [0.1, 0.15) is 10.7 Å². The van der Waals surface area contributed by atoms with Crippen LogP contribution in [0, 0.1) is 0 Å². The molecule has 0 bridgehead atoms. The summed E-state index contributed by atoms with van der Waals surface area (Å²) in [6.07, 6.45) is -0.324. The van der Waals surface area contributed by atoms with Gasteiger partial charge in [0, 0.05) is 18.4 Å². The van der Waals surface area contributed by atoms with Crippen LogP contribution in [0.1, 0.15) is 33.0 Å². The number of hydrogen-bond acceptors (Lipinski definition) is 7. The number of hydrogen-bond donors (Lipinski definition) is 0. The van der Waals surface area contributed by atoms with Gasteiger partial charge < -0.3 is 4.90 Å². The molecule has 160 valence electrons. The molecule has 1 aromatic carbocycles. The molecule has 1 fully saturated rings. The third-order valence-electron chi connectivity index (χ3n) is 4.74. The average molecular weight is 457 g/mol. The molecule has 2 aromatic heterocycles. The second kappa shape index (κ2) is 6.81. The zero-order valence-electron chi connectivity index (χ0n) is 16.5. The highest BCUT2D eigenvalue weighted by atomic mass is 35.5. The fourth-order valence-electron chi connectivity index (χ4n) is 3.16. The normalized spacial score (nSPS) is 17.1.